The van der Waals surface area contributed by atoms with Crippen LogP contribution >= 0.6 is 0 Å². The van der Waals surface area contributed by atoms with Crippen LogP contribution in [0.15, 0.2) is 18.2 Å². The van der Waals surface area contributed by atoms with Crippen molar-refractivity contribution in [2.45, 2.75) is 45.7 Å². The number of benzene rings is 1. The fourth-order valence-electron chi connectivity index (χ4n) is 2.31. The highest BCUT2D eigenvalue weighted by Gasteiger charge is 2.23. The molecular weight excluding hydrogens is 196 g/mol. The van der Waals surface area contributed by atoms with Crippen molar-refractivity contribution in [2.24, 2.45) is 0 Å². The van der Waals surface area contributed by atoms with Gasteiger partial charge in [0.2, 0.25) is 0 Å². The third-order valence-electron chi connectivity index (χ3n) is 2.94. The average Bonchev–Trinajstić information content (AvgIpc) is 2.17. The first-order chi connectivity index (χ1) is 7.46. The van der Waals surface area contributed by atoms with Crippen LogP contribution in [0.5, 0.6) is 0 Å². The molecule has 1 atom stereocenters. The zero-order valence-electron chi connectivity index (χ0n) is 10.7. The minimum absolute atomic E-state index is 0.170. The highest BCUT2D eigenvalue weighted by Crippen LogP contribution is 2.31. The maximum Gasteiger partial charge on any atom is 0.0388 e. The van der Waals surface area contributed by atoms with E-state index in [-0.39, 0.29) is 5.54 Å². The van der Waals surface area contributed by atoms with E-state index < -0.39 is 0 Å². The molecule has 1 unspecified atom stereocenters. The summed E-state index contributed by atoms with van der Waals surface area (Å²) in [4.78, 5) is 0. The Morgan fingerprint density at radius 2 is 2.06 bits per heavy atom. The fraction of sp³-hybridized carbons (Fsp3) is 0.571. The van der Waals surface area contributed by atoms with Crippen molar-refractivity contribution < 1.29 is 0 Å². The van der Waals surface area contributed by atoms with Crippen molar-refractivity contribution in [3.63, 3.8) is 0 Å². The summed E-state index contributed by atoms with van der Waals surface area (Å²) in [6.07, 6.45) is 1.16. The van der Waals surface area contributed by atoms with Gasteiger partial charge < -0.3 is 10.6 Å². The molecule has 0 spiro atoms. The maximum atomic E-state index is 3.70. The van der Waals surface area contributed by atoms with Gasteiger partial charge in [0.25, 0.3) is 0 Å². The van der Waals surface area contributed by atoms with Crippen molar-refractivity contribution in [1.29, 1.82) is 0 Å². The topological polar surface area (TPSA) is 24.1 Å². The molecule has 2 heteroatoms. The van der Waals surface area contributed by atoms with Crippen LogP contribution in [0.25, 0.3) is 0 Å². The number of aryl methyl sites for hydroxylation is 1. The lowest BCUT2D eigenvalue weighted by molar-refractivity contribution is 0.351. The van der Waals surface area contributed by atoms with Crippen LogP contribution < -0.4 is 10.6 Å². The molecule has 0 saturated heterocycles. The van der Waals surface area contributed by atoms with Gasteiger partial charge in [-0.3, -0.25) is 0 Å². The molecule has 0 fully saturated rings. The first kappa shape index (κ1) is 11.5. The van der Waals surface area contributed by atoms with Crippen molar-refractivity contribution in [3.05, 3.63) is 29.3 Å². The molecule has 0 aliphatic carbocycles. The van der Waals surface area contributed by atoms with Crippen LogP contribution in [-0.2, 0) is 0 Å². The Bertz CT molecular complexity index is 377. The summed E-state index contributed by atoms with van der Waals surface area (Å²) >= 11 is 0. The third kappa shape index (κ3) is 2.56. The predicted molar refractivity (Wildman–Crippen MR) is 69.9 cm³/mol. The molecule has 1 aromatic rings. The lowest BCUT2D eigenvalue weighted by atomic mass is 9.94. The number of rotatable bonds is 1. The van der Waals surface area contributed by atoms with E-state index >= 15 is 0 Å². The summed E-state index contributed by atoms with van der Waals surface area (Å²) in [6.45, 7) is 9.90. The van der Waals surface area contributed by atoms with Crippen molar-refractivity contribution in [1.82, 2.24) is 5.32 Å². The zero-order chi connectivity index (χ0) is 11.8. The van der Waals surface area contributed by atoms with Gasteiger partial charge in [-0.1, -0.05) is 17.7 Å². The molecule has 1 aliphatic heterocycles. The lowest BCUT2D eigenvalue weighted by Crippen LogP contribution is -2.41. The maximum absolute atomic E-state index is 3.70. The molecule has 0 saturated carbocycles. The molecule has 1 heterocycles. The van der Waals surface area contributed by atoms with Crippen LogP contribution in [0.3, 0.4) is 0 Å². The second kappa shape index (κ2) is 4.10. The van der Waals surface area contributed by atoms with E-state index in [4.69, 9.17) is 0 Å². The number of hydrogen-bond donors (Lipinski definition) is 2. The lowest BCUT2D eigenvalue weighted by Gasteiger charge is -2.33. The van der Waals surface area contributed by atoms with Crippen molar-refractivity contribution in [2.75, 3.05) is 11.9 Å². The van der Waals surface area contributed by atoms with E-state index in [2.05, 4.69) is 56.5 Å². The van der Waals surface area contributed by atoms with Gasteiger partial charge in [0.05, 0.1) is 0 Å². The molecule has 16 heavy (non-hydrogen) atoms. The second-order valence-electron chi connectivity index (χ2n) is 5.75. The molecule has 2 nitrogen and oxygen atoms in total. The molecule has 0 amide bonds. The van der Waals surface area contributed by atoms with E-state index in [0.29, 0.717) is 6.04 Å². The molecular formula is C14H22N2. The smallest absolute Gasteiger partial charge is 0.0388 e. The van der Waals surface area contributed by atoms with Gasteiger partial charge in [0.1, 0.15) is 0 Å². The summed E-state index contributed by atoms with van der Waals surface area (Å²) in [5, 5.41) is 7.17. The number of hydrogen-bond acceptors (Lipinski definition) is 2. The first-order valence-corrected chi connectivity index (χ1v) is 6.08. The SMILES string of the molecule is Cc1ccc2c(c1)C(NC(C)(C)C)CCN2. The van der Waals surface area contributed by atoms with E-state index in [1.54, 1.807) is 0 Å². The Hall–Kier alpha value is -1.02. The van der Waals surface area contributed by atoms with E-state index in [1.807, 2.05) is 0 Å². The molecule has 88 valence electrons. The Morgan fingerprint density at radius 1 is 1.31 bits per heavy atom. The van der Waals surface area contributed by atoms with Crippen LogP contribution in [0.4, 0.5) is 5.69 Å². The standard InChI is InChI=1S/C14H22N2/c1-10-5-6-12-11(9-10)13(7-8-15-12)16-14(2,3)4/h5-6,9,13,15-16H,7-8H2,1-4H3. The highest BCUT2D eigenvalue weighted by molar-refractivity contribution is 5.56. The third-order valence-corrected chi connectivity index (χ3v) is 2.94. The molecule has 0 radical (unpaired) electrons. The molecule has 0 aromatic heterocycles. The van der Waals surface area contributed by atoms with E-state index in [1.165, 1.54) is 16.8 Å². The fourth-order valence-corrected chi connectivity index (χ4v) is 2.31. The summed E-state index contributed by atoms with van der Waals surface area (Å²) < 4.78 is 0. The summed E-state index contributed by atoms with van der Waals surface area (Å²) in [7, 11) is 0. The summed E-state index contributed by atoms with van der Waals surface area (Å²) in [6, 6.07) is 7.15. The normalized spacial score (nSPS) is 20.1. The molecule has 0 bridgehead atoms. The molecule has 1 aromatic carbocycles. The minimum atomic E-state index is 0.170. The Labute approximate surface area is 98.4 Å². The van der Waals surface area contributed by atoms with Gasteiger partial charge >= 0.3 is 0 Å². The highest BCUT2D eigenvalue weighted by atomic mass is 15.0. The number of anilines is 1. The predicted octanol–water partition coefficient (Wildman–Crippen LogP) is 3.24. The van der Waals surface area contributed by atoms with Crippen LogP contribution in [-0.4, -0.2) is 12.1 Å². The zero-order valence-corrected chi connectivity index (χ0v) is 10.7. The number of nitrogens with one attached hydrogen (secondary N) is 2. The Kier molecular flexibility index (Phi) is 2.94. The van der Waals surface area contributed by atoms with E-state index in [0.717, 1.165) is 13.0 Å². The Morgan fingerprint density at radius 3 is 2.75 bits per heavy atom. The van der Waals surface area contributed by atoms with Crippen molar-refractivity contribution in [3.8, 4) is 0 Å². The summed E-state index contributed by atoms with van der Waals surface area (Å²) in [5.74, 6) is 0. The van der Waals surface area contributed by atoms with Crippen LogP contribution in [0.2, 0.25) is 0 Å². The van der Waals surface area contributed by atoms with Gasteiger partial charge in [-0.05, 0) is 45.7 Å². The molecule has 2 N–H and O–H groups in total. The van der Waals surface area contributed by atoms with Crippen LogP contribution in [0, 0.1) is 6.92 Å². The summed E-state index contributed by atoms with van der Waals surface area (Å²) in [5.41, 5.74) is 4.21. The minimum Gasteiger partial charge on any atom is -0.385 e. The first-order valence-electron chi connectivity index (χ1n) is 6.08. The van der Waals surface area contributed by atoms with Gasteiger partial charge in [0, 0.05) is 23.8 Å². The number of fused-ring (bicyclic) bond motifs is 1. The van der Waals surface area contributed by atoms with E-state index in [9.17, 15) is 0 Å². The van der Waals surface area contributed by atoms with Gasteiger partial charge in [0.15, 0.2) is 0 Å². The molecule has 1 aliphatic rings. The molecule has 2 rings (SSSR count). The van der Waals surface area contributed by atoms with Crippen molar-refractivity contribution >= 4 is 5.69 Å². The average molecular weight is 218 g/mol. The van der Waals surface area contributed by atoms with Gasteiger partial charge in [-0.2, -0.15) is 0 Å². The van der Waals surface area contributed by atoms with Crippen LogP contribution in [0.1, 0.15) is 44.4 Å². The monoisotopic (exact) mass is 218 g/mol. The largest absolute Gasteiger partial charge is 0.385 e. The quantitative estimate of drug-likeness (QED) is 0.756. The second-order valence-corrected chi connectivity index (χ2v) is 5.75. The van der Waals surface area contributed by atoms with Gasteiger partial charge in [-0.25, -0.2) is 0 Å². The Balaban J connectivity index is 2.28. The van der Waals surface area contributed by atoms with Gasteiger partial charge in [-0.15, -0.1) is 0 Å².